The van der Waals surface area contributed by atoms with Crippen molar-refractivity contribution in [2.24, 2.45) is 17.8 Å². The Balaban J connectivity index is 1.38. The third kappa shape index (κ3) is 4.53. The van der Waals surface area contributed by atoms with Crippen molar-refractivity contribution in [2.45, 2.75) is 26.4 Å². The Morgan fingerprint density at radius 3 is 2.62 bits per heavy atom. The lowest BCUT2D eigenvalue weighted by atomic mass is 10.2. The van der Waals surface area contributed by atoms with Crippen LogP contribution in [0.15, 0.2) is 24.4 Å². The molecule has 0 aromatic carbocycles. The molecule has 1 unspecified atom stereocenters. The van der Waals surface area contributed by atoms with Gasteiger partial charge in [-0.05, 0) is 62.3 Å². The number of pyridine rings is 1. The molecule has 1 aromatic rings. The molecule has 1 aliphatic carbocycles. The van der Waals surface area contributed by atoms with Gasteiger partial charge in [0, 0.05) is 31.9 Å². The molecule has 7 heteroatoms. The second kappa shape index (κ2) is 6.97. The van der Waals surface area contributed by atoms with Crippen LogP contribution in [0.25, 0.3) is 6.08 Å². The summed E-state index contributed by atoms with van der Waals surface area (Å²) < 4.78 is 5.40. The van der Waals surface area contributed by atoms with Gasteiger partial charge in [0.1, 0.15) is 11.4 Å². The minimum absolute atomic E-state index is 0.129. The molecule has 1 aromatic heterocycles. The van der Waals surface area contributed by atoms with Crippen molar-refractivity contribution in [3.8, 4) is 0 Å². The van der Waals surface area contributed by atoms with Crippen LogP contribution in [0.1, 0.15) is 26.3 Å². The number of nitrogens with zero attached hydrogens (tertiary/aromatic N) is 2. The number of aromatic nitrogens is 1. The maximum absolute atomic E-state index is 12.1. The summed E-state index contributed by atoms with van der Waals surface area (Å²) in [6.07, 6.45) is 4.58. The van der Waals surface area contributed by atoms with E-state index in [1.54, 1.807) is 23.2 Å². The van der Waals surface area contributed by atoms with Crippen molar-refractivity contribution in [1.29, 1.82) is 0 Å². The molecule has 3 rings (SSSR count). The number of anilines is 1. The lowest BCUT2D eigenvalue weighted by Gasteiger charge is -2.25. The van der Waals surface area contributed by atoms with Gasteiger partial charge in [-0.15, -0.1) is 0 Å². The largest absolute Gasteiger partial charge is 0.444 e. The average Bonchev–Trinajstić information content (AvgIpc) is 2.99. The quantitative estimate of drug-likeness (QED) is 0.801. The Hall–Kier alpha value is -2.57. The van der Waals surface area contributed by atoms with E-state index in [2.05, 4.69) is 10.3 Å². The van der Waals surface area contributed by atoms with Crippen LogP contribution in [0.2, 0.25) is 0 Å². The fourth-order valence-electron chi connectivity index (χ4n) is 3.39. The van der Waals surface area contributed by atoms with Crippen LogP contribution in [-0.2, 0) is 9.53 Å². The van der Waals surface area contributed by atoms with Gasteiger partial charge >= 0.3 is 6.09 Å². The summed E-state index contributed by atoms with van der Waals surface area (Å²) in [5.41, 5.74) is 5.88. The molecule has 2 aliphatic rings. The molecule has 2 amide bonds. The van der Waals surface area contributed by atoms with Crippen LogP contribution in [0.5, 0.6) is 0 Å². The number of nitrogens with one attached hydrogen (secondary N) is 1. The average molecular weight is 358 g/mol. The first-order valence-corrected chi connectivity index (χ1v) is 8.88. The van der Waals surface area contributed by atoms with Crippen LogP contribution in [0, 0.1) is 17.8 Å². The summed E-state index contributed by atoms with van der Waals surface area (Å²) in [5.74, 6) is 1.70. The van der Waals surface area contributed by atoms with Crippen molar-refractivity contribution in [3.05, 3.63) is 30.0 Å². The molecule has 0 bridgehead atoms. The molecule has 2 fully saturated rings. The monoisotopic (exact) mass is 358 g/mol. The van der Waals surface area contributed by atoms with Crippen LogP contribution in [-0.4, -0.2) is 47.1 Å². The van der Waals surface area contributed by atoms with Crippen LogP contribution in [0.4, 0.5) is 10.6 Å². The van der Waals surface area contributed by atoms with Crippen LogP contribution < -0.4 is 11.1 Å². The first-order chi connectivity index (χ1) is 12.2. The standard InChI is InChI=1S/C19H26N4O3/c1-19(2,3)26-18(25)23-10-14-13(15(14)11-23)9-22-17(24)7-5-12-4-6-16(20)21-8-12/h4-8,13-15H,9-11H2,1-3H3,(H2,20,21)(H,22,24)/b7-5+/t13?,14-,15+. The molecule has 1 saturated carbocycles. The fourth-order valence-corrected chi connectivity index (χ4v) is 3.39. The van der Waals surface area contributed by atoms with Gasteiger partial charge in [0.2, 0.25) is 5.91 Å². The molecule has 0 radical (unpaired) electrons. The molecule has 3 atom stereocenters. The molecule has 2 heterocycles. The van der Waals surface area contributed by atoms with Crippen molar-refractivity contribution in [3.63, 3.8) is 0 Å². The highest BCUT2D eigenvalue weighted by atomic mass is 16.6. The Labute approximate surface area is 153 Å². The number of nitrogen functional groups attached to an aromatic ring is 1. The molecule has 3 N–H and O–H groups in total. The van der Waals surface area contributed by atoms with E-state index in [-0.39, 0.29) is 12.0 Å². The number of likely N-dealkylation sites (tertiary alicyclic amines) is 1. The number of fused-ring (bicyclic) bond motifs is 1. The summed E-state index contributed by atoms with van der Waals surface area (Å²) >= 11 is 0. The molecule has 1 saturated heterocycles. The molecule has 0 spiro atoms. The topological polar surface area (TPSA) is 97.5 Å². The summed E-state index contributed by atoms with van der Waals surface area (Å²) in [5, 5.41) is 2.93. The van der Waals surface area contributed by atoms with Crippen LogP contribution >= 0.6 is 0 Å². The number of hydrogen-bond acceptors (Lipinski definition) is 5. The third-order valence-electron chi connectivity index (χ3n) is 4.77. The van der Waals surface area contributed by atoms with E-state index >= 15 is 0 Å². The normalized spacial score (nSPS) is 24.4. The van der Waals surface area contributed by atoms with Gasteiger partial charge < -0.3 is 20.7 Å². The molecule has 7 nitrogen and oxygen atoms in total. The van der Waals surface area contributed by atoms with E-state index in [4.69, 9.17) is 10.5 Å². The number of ether oxygens (including phenoxy) is 1. The number of amides is 2. The number of rotatable bonds is 4. The highest BCUT2D eigenvalue weighted by Gasteiger charge is 2.56. The minimum Gasteiger partial charge on any atom is -0.444 e. The smallest absolute Gasteiger partial charge is 0.410 e. The Kier molecular flexibility index (Phi) is 4.89. The number of piperidine rings is 1. The maximum atomic E-state index is 12.1. The number of carbonyl (C=O) groups is 2. The van der Waals surface area contributed by atoms with Gasteiger partial charge in [-0.25, -0.2) is 9.78 Å². The van der Waals surface area contributed by atoms with E-state index in [1.165, 1.54) is 6.08 Å². The molecular weight excluding hydrogens is 332 g/mol. The van der Waals surface area contributed by atoms with Crippen molar-refractivity contribution >= 4 is 23.9 Å². The maximum Gasteiger partial charge on any atom is 0.410 e. The Bertz CT molecular complexity index is 696. The third-order valence-corrected chi connectivity index (χ3v) is 4.77. The summed E-state index contributed by atoms with van der Waals surface area (Å²) in [4.78, 5) is 29.7. The fraction of sp³-hybridized carbons (Fsp3) is 0.526. The van der Waals surface area contributed by atoms with E-state index in [0.29, 0.717) is 43.2 Å². The predicted molar refractivity (Wildman–Crippen MR) is 99.0 cm³/mol. The van der Waals surface area contributed by atoms with Gasteiger partial charge in [0.25, 0.3) is 0 Å². The zero-order valence-electron chi connectivity index (χ0n) is 15.4. The number of nitrogens with two attached hydrogens (primary N) is 1. The lowest BCUT2D eigenvalue weighted by Crippen LogP contribution is -2.38. The SMILES string of the molecule is CC(C)(C)OC(=O)N1C[C@@H]2C(CNC(=O)/C=C/c3ccc(N)nc3)[C@@H]2C1. The first kappa shape index (κ1) is 18.2. The van der Waals surface area contributed by atoms with Gasteiger partial charge in [-0.1, -0.05) is 0 Å². The Morgan fingerprint density at radius 1 is 1.35 bits per heavy atom. The van der Waals surface area contributed by atoms with Gasteiger partial charge in [0.05, 0.1) is 0 Å². The molecule has 140 valence electrons. The minimum atomic E-state index is -0.469. The highest BCUT2D eigenvalue weighted by molar-refractivity contribution is 5.91. The second-order valence-corrected chi connectivity index (χ2v) is 7.97. The highest BCUT2D eigenvalue weighted by Crippen LogP contribution is 2.51. The molecule has 1 aliphatic heterocycles. The predicted octanol–water partition coefficient (Wildman–Crippen LogP) is 1.91. The van der Waals surface area contributed by atoms with Crippen molar-refractivity contribution in [2.75, 3.05) is 25.4 Å². The van der Waals surface area contributed by atoms with Crippen molar-refractivity contribution < 1.29 is 14.3 Å². The Morgan fingerprint density at radius 2 is 2.04 bits per heavy atom. The molecule has 26 heavy (non-hydrogen) atoms. The number of hydrogen-bond donors (Lipinski definition) is 2. The number of carbonyl (C=O) groups excluding carboxylic acids is 2. The van der Waals surface area contributed by atoms with Gasteiger partial charge in [-0.2, -0.15) is 0 Å². The van der Waals surface area contributed by atoms with Gasteiger partial charge in [-0.3, -0.25) is 4.79 Å². The zero-order chi connectivity index (χ0) is 18.9. The zero-order valence-corrected chi connectivity index (χ0v) is 15.4. The summed E-state index contributed by atoms with van der Waals surface area (Å²) in [6.45, 7) is 7.68. The van der Waals surface area contributed by atoms with E-state index in [1.807, 2.05) is 26.8 Å². The lowest BCUT2D eigenvalue weighted by molar-refractivity contribution is -0.116. The van der Waals surface area contributed by atoms with Gasteiger partial charge in [0.15, 0.2) is 0 Å². The first-order valence-electron chi connectivity index (χ1n) is 8.88. The van der Waals surface area contributed by atoms with Crippen LogP contribution in [0.3, 0.4) is 0 Å². The van der Waals surface area contributed by atoms with Crippen molar-refractivity contribution in [1.82, 2.24) is 15.2 Å². The van der Waals surface area contributed by atoms with E-state index < -0.39 is 5.60 Å². The van der Waals surface area contributed by atoms with E-state index in [0.717, 1.165) is 5.56 Å². The summed E-state index contributed by atoms with van der Waals surface area (Å²) in [6, 6.07) is 3.50. The second-order valence-electron chi connectivity index (χ2n) is 7.97. The van der Waals surface area contributed by atoms with E-state index in [9.17, 15) is 9.59 Å². The summed E-state index contributed by atoms with van der Waals surface area (Å²) in [7, 11) is 0. The molecular formula is C19H26N4O3.